The summed E-state index contributed by atoms with van der Waals surface area (Å²) < 4.78 is 11.4. The maximum atomic E-state index is 5.88. The van der Waals surface area contributed by atoms with Gasteiger partial charge in [0, 0.05) is 28.7 Å². The molecule has 0 fully saturated rings. The van der Waals surface area contributed by atoms with Crippen LogP contribution in [-0.4, -0.2) is 33.6 Å². The summed E-state index contributed by atoms with van der Waals surface area (Å²) in [5.74, 6) is 1.16. The van der Waals surface area contributed by atoms with Gasteiger partial charge in [0.15, 0.2) is 0 Å². The van der Waals surface area contributed by atoms with E-state index in [0.717, 1.165) is 37.4 Å². The van der Waals surface area contributed by atoms with E-state index in [1.807, 2.05) is 0 Å². The number of ether oxygens (including phenoxy) is 2. The van der Waals surface area contributed by atoms with Crippen LogP contribution in [0.25, 0.3) is 0 Å². The molecule has 4 heterocycles. The zero-order chi connectivity index (χ0) is 16.7. The zero-order valence-electron chi connectivity index (χ0n) is 14.7. The first kappa shape index (κ1) is 15.8. The van der Waals surface area contributed by atoms with Crippen LogP contribution in [0.15, 0.2) is 0 Å². The Morgan fingerprint density at radius 1 is 1.04 bits per heavy atom. The quantitative estimate of drug-likeness (QED) is 0.903. The third kappa shape index (κ3) is 2.67. The Kier molecular flexibility index (Phi) is 4.18. The Hall–Kier alpha value is -1.66. The topological polar surface area (TPSA) is 75.8 Å². The van der Waals surface area contributed by atoms with Gasteiger partial charge in [-0.1, -0.05) is 20.8 Å². The first-order valence-corrected chi connectivity index (χ1v) is 8.93. The number of aromatic amines is 2. The number of aromatic nitrogens is 4. The molecular weight excluding hydrogens is 304 g/mol. The summed E-state index contributed by atoms with van der Waals surface area (Å²) in [7, 11) is 0. The van der Waals surface area contributed by atoms with Crippen molar-refractivity contribution in [3.63, 3.8) is 0 Å². The second kappa shape index (κ2) is 6.33. The van der Waals surface area contributed by atoms with Crippen LogP contribution < -0.4 is 0 Å². The summed E-state index contributed by atoms with van der Waals surface area (Å²) in [4.78, 5) is 0. The van der Waals surface area contributed by atoms with Crippen LogP contribution in [0.1, 0.15) is 78.8 Å². The Bertz CT molecular complexity index is 719. The van der Waals surface area contributed by atoms with Crippen molar-refractivity contribution in [1.29, 1.82) is 0 Å². The van der Waals surface area contributed by atoms with Crippen LogP contribution >= 0.6 is 0 Å². The predicted molar refractivity (Wildman–Crippen MR) is 90.1 cm³/mol. The van der Waals surface area contributed by atoms with E-state index in [0.29, 0.717) is 31.0 Å². The summed E-state index contributed by atoms with van der Waals surface area (Å²) >= 11 is 0. The molecule has 0 saturated heterocycles. The average Bonchev–Trinajstić information content (AvgIpc) is 3.19. The van der Waals surface area contributed by atoms with Gasteiger partial charge in [-0.2, -0.15) is 10.2 Å². The van der Waals surface area contributed by atoms with Crippen molar-refractivity contribution in [2.24, 2.45) is 0 Å². The maximum Gasteiger partial charge on any atom is 0.0885 e. The van der Waals surface area contributed by atoms with Crippen molar-refractivity contribution < 1.29 is 9.47 Å². The number of H-pyrrole nitrogens is 2. The highest BCUT2D eigenvalue weighted by Gasteiger charge is 2.30. The summed E-state index contributed by atoms with van der Waals surface area (Å²) in [6, 6.07) is 0. The van der Waals surface area contributed by atoms with Gasteiger partial charge in [0.1, 0.15) is 0 Å². The highest BCUT2D eigenvalue weighted by molar-refractivity contribution is 5.33. The highest BCUT2D eigenvalue weighted by atomic mass is 16.5. The lowest BCUT2D eigenvalue weighted by Gasteiger charge is -2.25. The van der Waals surface area contributed by atoms with Crippen molar-refractivity contribution in [2.45, 2.75) is 64.6 Å². The van der Waals surface area contributed by atoms with Crippen molar-refractivity contribution in [1.82, 2.24) is 20.4 Å². The van der Waals surface area contributed by atoms with Gasteiger partial charge < -0.3 is 9.47 Å². The molecule has 0 aromatic carbocycles. The third-order valence-electron chi connectivity index (χ3n) is 5.28. The molecule has 2 aromatic rings. The van der Waals surface area contributed by atoms with E-state index in [2.05, 4.69) is 41.2 Å². The fourth-order valence-electron chi connectivity index (χ4n) is 4.04. The number of hydrogen-bond acceptors (Lipinski definition) is 4. The Morgan fingerprint density at radius 3 is 2.71 bits per heavy atom. The van der Waals surface area contributed by atoms with E-state index in [1.165, 1.54) is 22.5 Å². The molecule has 4 rings (SSSR count). The molecule has 0 radical (unpaired) electrons. The summed E-state index contributed by atoms with van der Waals surface area (Å²) in [5, 5.41) is 15.6. The SMILES string of the molecule is CC(C)c1n[nH]c2c1COCC2CC(C)c1n[nH]c2c1CCOC2. The van der Waals surface area contributed by atoms with Crippen LogP contribution in [-0.2, 0) is 29.1 Å². The molecule has 0 bridgehead atoms. The van der Waals surface area contributed by atoms with Gasteiger partial charge in [0.25, 0.3) is 0 Å². The Balaban J connectivity index is 1.55. The van der Waals surface area contributed by atoms with Crippen LogP contribution in [0, 0.1) is 0 Å². The second-order valence-electron chi connectivity index (χ2n) is 7.37. The molecule has 130 valence electrons. The number of hydrogen-bond donors (Lipinski definition) is 2. The Labute approximate surface area is 142 Å². The average molecular weight is 330 g/mol. The number of fused-ring (bicyclic) bond motifs is 2. The van der Waals surface area contributed by atoms with E-state index in [9.17, 15) is 0 Å². The molecule has 2 aromatic heterocycles. The van der Waals surface area contributed by atoms with Gasteiger partial charge >= 0.3 is 0 Å². The fourth-order valence-corrected chi connectivity index (χ4v) is 4.04. The minimum absolute atomic E-state index is 0.357. The van der Waals surface area contributed by atoms with Crippen LogP contribution in [0.5, 0.6) is 0 Å². The fraction of sp³-hybridized carbons (Fsp3) is 0.667. The molecule has 2 N–H and O–H groups in total. The molecule has 2 aliphatic heterocycles. The largest absolute Gasteiger partial charge is 0.376 e. The van der Waals surface area contributed by atoms with Crippen LogP contribution in [0.2, 0.25) is 0 Å². The zero-order valence-corrected chi connectivity index (χ0v) is 14.7. The highest BCUT2D eigenvalue weighted by Crippen LogP contribution is 2.37. The predicted octanol–water partition coefficient (Wildman–Crippen LogP) is 3.14. The minimum Gasteiger partial charge on any atom is -0.376 e. The number of rotatable bonds is 4. The van der Waals surface area contributed by atoms with Gasteiger partial charge in [0.2, 0.25) is 0 Å². The monoisotopic (exact) mass is 330 g/mol. The van der Waals surface area contributed by atoms with Crippen molar-refractivity contribution in [3.8, 4) is 0 Å². The molecular formula is C18H26N4O2. The van der Waals surface area contributed by atoms with Gasteiger partial charge in [-0.3, -0.25) is 10.2 Å². The number of nitrogens with one attached hydrogen (secondary N) is 2. The number of nitrogens with zero attached hydrogens (tertiary/aromatic N) is 2. The van der Waals surface area contributed by atoms with Crippen molar-refractivity contribution in [3.05, 3.63) is 33.9 Å². The molecule has 2 atom stereocenters. The van der Waals surface area contributed by atoms with Gasteiger partial charge in [0.05, 0.1) is 43.5 Å². The summed E-state index contributed by atoms with van der Waals surface area (Å²) in [6.07, 6.45) is 1.98. The Morgan fingerprint density at radius 2 is 1.88 bits per heavy atom. The first-order valence-electron chi connectivity index (χ1n) is 8.93. The molecule has 2 unspecified atom stereocenters. The molecule has 24 heavy (non-hydrogen) atoms. The third-order valence-corrected chi connectivity index (χ3v) is 5.28. The van der Waals surface area contributed by atoms with E-state index in [1.54, 1.807) is 0 Å². The molecule has 0 aliphatic carbocycles. The lowest BCUT2D eigenvalue weighted by molar-refractivity contribution is 0.0854. The molecule has 2 aliphatic rings. The second-order valence-corrected chi connectivity index (χ2v) is 7.37. The lowest BCUT2D eigenvalue weighted by atomic mass is 9.86. The molecule has 6 heteroatoms. The van der Waals surface area contributed by atoms with Gasteiger partial charge in [-0.15, -0.1) is 0 Å². The van der Waals surface area contributed by atoms with E-state index < -0.39 is 0 Å². The molecule has 0 spiro atoms. The summed E-state index contributed by atoms with van der Waals surface area (Å²) in [6.45, 7) is 9.51. The standard InChI is InChI=1S/C18H26N4O2/c1-10(2)16-14-8-24-7-12(18(14)22-20-16)6-11(3)17-13-4-5-23-9-15(13)19-21-17/h10-12H,4-9H2,1-3H3,(H,19,21)(H,20,22). The molecule has 0 saturated carbocycles. The first-order chi connectivity index (χ1) is 11.6. The minimum atomic E-state index is 0.357. The van der Waals surface area contributed by atoms with Crippen LogP contribution in [0.4, 0.5) is 0 Å². The molecule has 6 nitrogen and oxygen atoms in total. The van der Waals surface area contributed by atoms with E-state index in [-0.39, 0.29) is 0 Å². The normalized spacial score (nSPS) is 21.6. The van der Waals surface area contributed by atoms with Crippen LogP contribution in [0.3, 0.4) is 0 Å². The van der Waals surface area contributed by atoms with Crippen molar-refractivity contribution >= 4 is 0 Å². The van der Waals surface area contributed by atoms with E-state index in [4.69, 9.17) is 9.47 Å². The van der Waals surface area contributed by atoms with Gasteiger partial charge in [-0.25, -0.2) is 0 Å². The lowest BCUT2D eigenvalue weighted by Crippen LogP contribution is -2.19. The van der Waals surface area contributed by atoms with E-state index >= 15 is 0 Å². The van der Waals surface area contributed by atoms with Gasteiger partial charge in [-0.05, 0) is 18.8 Å². The summed E-state index contributed by atoms with van der Waals surface area (Å²) in [5.41, 5.74) is 7.39. The van der Waals surface area contributed by atoms with Crippen molar-refractivity contribution in [2.75, 3.05) is 13.2 Å². The maximum absolute atomic E-state index is 5.88. The molecule has 0 amide bonds. The smallest absolute Gasteiger partial charge is 0.0885 e.